The van der Waals surface area contributed by atoms with Crippen molar-refractivity contribution in [1.29, 1.82) is 0 Å². The number of fused-ring (bicyclic) bond motifs is 2. The van der Waals surface area contributed by atoms with Crippen molar-refractivity contribution in [2.75, 3.05) is 11.6 Å². The maximum absolute atomic E-state index is 11.6. The van der Waals surface area contributed by atoms with Crippen molar-refractivity contribution in [3.05, 3.63) is 88.8 Å². The number of H-pyrrole nitrogens is 1. The van der Waals surface area contributed by atoms with E-state index in [4.69, 9.17) is 4.42 Å². The first kappa shape index (κ1) is 20.5. The molecule has 0 spiro atoms. The number of nitrogens with zero attached hydrogens (tertiary/aromatic N) is 2. The van der Waals surface area contributed by atoms with Gasteiger partial charge in [0.15, 0.2) is 15.4 Å². The van der Waals surface area contributed by atoms with Crippen LogP contribution in [-0.4, -0.2) is 29.6 Å². The van der Waals surface area contributed by atoms with Crippen molar-refractivity contribution in [3.63, 3.8) is 0 Å². The fourth-order valence-corrected chi connectivity index (χ4v) is 3.96. The third-order valence-corrected chi connectivity index (χ3v) is 6.08. The van der Waals surface area contributed by atoms with Gasteiger partial charge >= 0.3 is 5.76 Å². The molecule has 3 heterocycles. The molecule has 0 aliphatic carbocycles. The van der Waals surface area contributed by atoms with Crippen LogP contribution in [-0.2, 0) is 9.84 Å². The summed E-state index contributed by atoms with van der Waals surface area (Å²) in [5.74, 6) is 6.22. The number of pyridine rings is 2. The summed E-state index contributed by atoms with van der Waals surface area (Å²) >= 11 is 0. The standard InChI is InChI=1S/C24H16N4O4S/c1-33(30,31)18-6-4-17(5-7-18)27-23-13-19-16(14-26-23)10-11-25-20(19)8-2-15-3-9-22-21(12-15)28-24(29)32-22/h3-7,9-14H,1H3,(H,26,27)(H,28,29). The third kappa shape index (κ3) is 4.33. The van der Waals surface area contributed by atoms with Gasteiger partial charge in [-0.2, -0.15) is 0 Å². The van der Waals surface area contributed by atoms with Gasteiger partial charge in [-0.15, -0.1) is 0 Å². The largest absolute Gasteiger partial charge is 0.417 e. The molecule has 2 N–H and O–H groups in total. The van der Waals surface area contributed by atoms with E-state index in [0.717, 1.165) is 10.8 Å². The summed E-state index contributed by atoms with van der Waals surface area (Å²) < 4.78 is 28.3. The number of oxazole rings is 1. The Morgan fingerprint density at radius 1 is 1.00 bits per heavy atom. The molecular formula is C24H16N4O4S. The molecule has 0 saturated heterocycles. The highest BCUT2D eigenvalue weighted by molar-refractivity contribution is 7.90. The van der Waals surface area contributed by atoms with Gasteiger partial charge in [-0.1, -0.05) is 5.92 Å². The van der Waals surface area contributed by atoms with Crippen LogP contribution in [0.1, 0.15) is 11.3 Å². The minimum absolute atomic E-state index is 0.249. The normalized spacial score (nSPS) is 11.3. The van der Waals surface area contributed by atoms with Crippen LogP contribution in [0.3, 0.4) is 0 Å². The summed E-state index contributed by atoms with van der Waals surface area (Å²) in [7, 11) is -3.26. The van der Waals surface area contributed by atoms with E-state index < -0.39 is 15.6 Å². The Morgan fingerprint density at radius 2 is 1.82 bits per heavy atom. The van der Waals surface area contributed by atoms with Crippen LogP contribution < -0.4 is 11.1 Å². The van der Waals surface area contributed by atoms with Crippen molar-refractivity contribution in [2.45, 2.75) is 4.90 Å². The molecule has 0 bridgehead atoms. The lowest BCUT2D eigenvalue weighted by Crippen LogP contribution is -1.98. The molecule has 0 unspecified atom stereocenters. The fourth-order valence-electron chi connectivity index (χ4n) is 3.33. The molecule has 3 aromatic heterocycles. The first-order valence-corrected chi connectivity index (χ1v) is 11.7. The average Bonchev–Trinajstić information content (AvgIpc) is 3.16. The van der Waals surface area contributed by atoms with E-state index in [1.165, 1.54) is 6.26 Å². The van der Waals surface area contributed by atoms with Gasteiger partial charge in [0.1, 0.15) is 11.5 Å². The summed E-state index contributed by atoms with van der Waals surface area (Å²) in [6, 6.07) is 15.3. The Bertz CT molecular complexity index is 1740. The molecule has 0 amide bonds. The van der Waals surface area contributed by atoms with Gasteiger partial charge in [0.25, 0.3) is 0 Å². The SMILES string of the molecule is CS(=O)(=O)c1ccc(Nc2cc3c(C#Cc4ccc5oc(=O)[nH]c5c4)nccc3cn2)cc1. The van der Waals surface area contributed by atoms with Crippen LogP contribution in [0.4, 0.5) is 11.5 Å². The predicted molar refractivity (Wildman–Crippen MR) is 125 cm³/mol. The van der Waals surface area contributed by atoms with E-state index >= 15 is 0 Å². The molecule has 9 heteroatoms. The summed E-state index contributed by atoms with van der Waals surface area (Å²) in [5, 5.41) is 4.86. The molecule has 33 heavy (non-hydrogen) atoms. The Hall–Kier alpha value is -4.42. The van der Waals surface area contributed by atoms with Crippen molar-refractivity contribution < 1.29 is 12.8 Å². The molecule has 2 aromatic carbocycles. The van der Waals surface area contributed by atoms with Crippen LogP contribution in [0.2, 0.25) is 0 Å². The van der Waals surface area contributed by atoms with Crippen LogP contribution in [0.5, 0.6) is 0 Å². The molecule has 8 nitrogen and oxygen atoms in total. The first-order chi connectivity index (χ1) is 15.8. The van der Waals surface area contributed by atoms with E-state index in [-0.39, 0.29) is 4.90 Å². The van der Waals surface area contributed by atoms with Gasteiger partial charge in [-0.05, 0) is 60.5 Å². The van der Waals surface area contributed by atoms with E-state index in [0.29, 0.717) is 33.9 Å². The van der Waals surface area contributed by atoms with E-state index in [9.17, 15) is 13.2 Å². The Kier molecular flexibility index (Phi) is 4.92. The van der Waals surface area contributed by atoms with Gasteiger partial charge < -0.3 is 9.73 Å². The molecule has 0 saturated carbocycles. The van der Waals surface area contributed by atoms with Crippen LogP contribution >= 0.6 is 0 Å². The molecule has 0 aliphatic heterocycles. The summed E-state index contributed by atoms with van der Waals surface area (Å²) in [6.07, 6.45) is 4.56. The van der Waals surface area contributed by atoms with Crippen molar-refractivity contribution in [1.82, 2.24) is 15.0 Å². The van der Waals surface area contributed by atoms with Crippen LogP contribution in [0, 0.1) is 11.8 Å². The molecular weight excluding hydrogens is 440 g/mol. The predicted octanol–water partition coefficient (Wildman–Crippen LogP) is 3.61. The van der Waals surface area contributed by atoms with E-state index in [1.54, 1.807) is 54.9 Å². The van der Waals surface area contributed by atoms with Gasteiger partial charge in [-0.3, -0.25) is 4.98 Å². The van der Waals surface area contributed by atoms with Gasteiger partial charge in [0, 0.05) is 40.7 Å². The first-order valence-electron chi connectivity index (χ1n) is 9.82. The number of nitrogens with one attached hydrogen (secondary N) is 2. The topological polar surface area (TPSA) is 118 Å². The number of aromatic nitrogens is 3. The minimum atomic E-state index is -3.26. The minimum Gasteiger partial charge on any atom is -0.408 e. The number of hydrogen-bond acceptors (Lipinski definition) is 7. The molecule has 5 aromatic rings. The third-order valence-electron chi connectivity index (χ3n) is 4.95. The quantitative estimate of drug-likeness (QED) is 0.398. The Labute approximate surface area is 188 Å². The van der Waals surface area contributed by atoms with Gasteiger partial charge in [0.05, 0.1) is 10.4 Å². The molecule has 0 fully saturated rings. The van der Waals surface area contributed by atoms with Crippen LogP contribution in [0.25, 0.3) is 21.9 Å². The average molecular weight is 456 g/mol. The van der Waals surface area contributed by atoms with Crippen molar-refractivity contribution >= 4 is 43.2 Å². The molecule has 162 valence electrons. The maximum Gasteiger partial charge on any atom is 0.417 e. The lowest BCUT2D eigenvalue weighted by atomic mass is 10.1. The summed E-state index contributed by atoms with van der Waals surface area (Å²) in [6.45, 7) is 0. The summed E-state index contributed by atoms with van der Waals surface area (Å²) in [4.78, 5) is 23.0. The smallest absolute Gasteiger partial charge is 0.408 e. The lowest BCUT2D eigenvalue weighted by molar-refractivity contribution is 0.555. The maximum atomic E-state index is 11.6. The molecule has 0 aliphatic rings. The lowest BCUT2D eigenvalue weighted by Gasteiger charge is -2.08. The zero-order valence-corrected chi connectivity index (χ0v) is 18.1. The second-order valence-corrected chi connectivity index (χ2v) is 9.36. The second kappa shape index (κ2) is 7.93. The molecule has 0 atom stereocenters. The van der Waals surface area contributed by atoms with Crippen molar-refractivity contribution in [3.8, 4) is 11.8 Å². The monoisotopic (exact) mass is 456 g/mol. The second-order valence-electron chi connectivity index (χ2n) is 7.35. The van der Waals surface area contributed by atoms with Gasteiger partial charge in [-0.25, -0.2) is 23.2 Å². The van der Waals surface area contributed by atoms with Crippen molar-refractivity contribution in [2.24, 2.45) is 0 Å². The van der Waals surface area contributed by atoms with E-state index in [1.807, 2.05) is 12.1 Å². The Balaban J connectivity index is 1.47. The number of hydrogen-bond donors (Lipinski definition) is 2. The highest BCUT2D eigenvalue weighted by atomic mass is 32.2. The zero-order chi connectivity index (χ0) is 23.0. The van der Waals surface area contributed by atoms with Crippen LogP contribution in [0.15, 0.2) is 81.1 Å². The zero-order valence-electron chi connectivity index (χ0n) is 17.3. The fraction of sp³-hybridized carbons (Fsp3) is 0.0417. The highest BCUT2D eigenvalue weighted by Crippen LogP contribution is 2.23. The molecule has 5 rings (SSSR count). The number of sulfone groups is 1. The number of rotatable bonds is 3. The number of aromatic amines is 1. The highest BCUT2D eigenvalue weighted by Gasteiger charge is 2.08. The van der Waals surface area contributed by atoms with Gasteiger partial charge in [0.2, 0.25) is 0 Å². The molecule has 0 radical (unpaired) electrons. The van der Waals surface area contributed by atoms with E-state index in [2.05, 4.69) is 32.1 Å². The number of benzene rings is 2. The summed E-state index contributed by atoms with van der Waals surface area (Å²) in [5.41, 5.74) is 3.03. The number of anilines is 2. The Morgan fingerprint density at radius 3 is 2.61 bits per heavy atom.